The van der Waals surface area contributed by atoms with Crippen molar-refractivity contribution in [1.82, 2.24) is 36.1 Å². The van der Waals surface area contributed by atoms with E-state index in [0.717, 1.165) is 50.8 Å². The highest BCUT2D eigenvalue weighted by Crippen LogP contribution is 2.40. The summed E-state index contributed by atoms with van der Waals surface area (Å²) in [6, 6.07) is 13.5. The Morgan fingerprint density at radius 2 is 1.38 bits per heavy atom. The molecule has 0 radical (unpaired) electrons. The minimum Gasteiger partial charge on any atom is -0.379 e. The van der Waals surface area contributed by atoms with Crippen molar-refractivity contribution in [1.29, 1.82) is 0 Å². The number of hydrogen-bond acceptors (Lipinski definition) is 14. The molecule has 3 heterocycles. The largest absolute Gasteiger partial charge is 0.379 e. The van der Waals surface area contributed by atoms with Crippen LogP contribution in [0.15, 0.2) is 67.0 Å². The maximum atomic E-state index is 13.5. The highest BCUT2D eigenvalue weighted by molar-refractivity contribution is 8.00. The normalized spacial score (nSPS) is 16.1. The number of ether oxygens (including phenoxy) is 3. The smallest absolute Gasteiger partial charge is 0.248 e. The second kappa shape index (κ2) is 33.4. The average Bonchev–Trinajstić information content (AvgIpc) is 3.91. The number of benzene rings is 2. The third-order valence-corrected chi connectivity index (χ3v) is 13.6. The lowest BCUT2D eigenvalue weighted by Gasteiger charge is -2.15. The van der Waals surface area contributed by atoms with Crippen molar-refractivity contribution in [3.63, 3.8) is 0 Å². The number of nitrogens with one attached hydrogen (secondary N) is 7. The summed E-state index contributed by atoms with van der Waals surface area (Å²) in [5.41, 5.74) is 1.87. The van der Waals surface area contributed by atoms with E-state index in [2.05, 4.69) is 52.1 Å². The zero-order chi connectivity index (χ0) is 51.2. The molecule has 5 amide bonds. The summed E-state index contributed by atoms with van der Waals surface area (Å²) >= 11 is 7.84. The number of halogens is 2. The Bertz CT molecular complexity index is 2200. The first-order valence-electron chi connectivity index (χ1n) is 25.0. The van der Waals surface area contributed by atoms with Gasteiger partial charge in [-0.3, -0.25) is 24.0 Å². The summed E-state index contributed by atoms with van der Waals surface area (Å²) in [5, 5.41) is 21.5. The van der Waals surface area contributed by atoms with E-state index >= 15 is 0 Å². The molecule has 1 aromatic heterocycles. The molecule has 3 aromatic rings. The number of aromatic nitrogens is 2. The molecule has 0 bridgehead atoms. The summed E-state index contributed by atoms with van der Waals surface area (Å²) in [4.78, 5) is 71.4. The number of anilines is 5. The molecule has 18 nitrogen and oxygen atoms in total. The summed E-state index contributed by atoms with van der Waals surface area (Å²) in [6.07, 6.45) is 12.9. The van der Waals surface area contributed by atoms with Gasteiger partial charge < -0.3 is 56.3 Å². The fourth-order valence-electron chi connectivity index (χ4n) is 7.97. The zero-order valence-corrected chi connectivity index (χ0v) is 42.9. The predicted octanol–water partition coefficient (Wildman–Crippen LogP) is 6.49. The molecule has 0 aliphatic carbocycles. The first-order valence-corrected chi connectivity index (χ1v) is 26.4. The van der Waals surface area contributed by atoms with Crippen LogP contribution in [0.4, 0.5) is 33.1 Å². The maximum absolute atomic E-state index is 13.5. The number of fused-ring (bicyclic) bond motifs is 1. The molecule has 21 heteroatoms. The van der Waals surface area contributed by atoms with Gasteiger partial charge in [0, 0.05) is 117 Å². The average molecular weight is 1040 g/mol. The molecule has 2 fully saturated rings. The molecule has 2 aromatic carbocycles. The van der Waals surface area contributed by atoms with E-state index in [4.69, 9.17) is 25.8 Å². The molecule has 2 saturated heterocycles. The third kappa shape index (κ3) is 23.4. The van der Waals surface area contributed by atoms with Gasteiger partial charge in [0.05, 0.1) is 31.5 Å². The number of carbonyl (C=O) groups is 5. The predicted molar refractivity (Wildman–Crippen MR) is 280 cm³/mol. The van der Waals surface area contributed by atoms with Gasteiger partial charge in [-0.1, -0.05) is 30.2 Å². The molecule has 0 saturated carbocycles. The van der Waals surface area contributed by atoms with E-state index in [0.29, 0.717) is 137 Å². The quantitative estimate of drug-likeness (QED) is 0.0244. The van der Waals surface area contributed by atoms with Crippen LogP contribution < -0.4 is 37.2 Å². The summed E-state index contributed by atoms with van der Waals surface area (Å²) in [6.45, 7) is 5.91. The lowest BCUT2D eigenvalue weighted by molar-refractivity contribution is -0.123. The van der Waals surface area contributed by atoms with Crippen molar-refractivity contribution >= 4 is 81.6 Å². The third-order valence-electron chi connectivity index (χ3n) is 11.8. The van der Waals surface area contributed by atoms with Gasteiger partial charge in [-0.2, -0.15) is 11.8 Å². The minimum atomic E-state index is -0.510. The number of nitrogens with zero attached hydrogens (tertiary/aromatic N) is 3. The number of unbranched alkanes of at least 4 members (excludes halogenated alkanes) is 2. The van der Waals surface area contributed by atoms with Crippen molar-refractivity contribution < 1.29 is 42.6 Å². The van der Waals surface area contributed by atoms with Crippen molar-refractivity contribution in [3.05, 3.63) is 77.9 Å². The number of carbonyl (C=O) groups excluding carboxylic acids is 5. The standard InChI is InChI=1S/C51H72ClFN10O8S/c1-63(24-8-17-50(67)61-38-12-6-11-37(31-38)59-45-34-46(58-36-57-45)60-39-18-19-42(53)41(52)32-39)23-5-4-20-54-48(65)15-7-16-49(66)56-22-10-26-70-28-30-71-29-27-69-25-9-21-55-47(64)14-3-2-13-44-40-33-51(68)62-43(40)35-72-44/h6,8,11-12,17-19,31-32,34,36,40,43-44H,2-5,7,9-10,13-16,20-30,33,35H2,1H3,(H,54,65)(H,55,64)(H,56,66)(H,61,67)(H,62,68)(H2,57,58,59,60)/b17-8+/t40-,43-,44-/m0/s1. The molecule has 0 unspecified atom stereocenters. The van der Waals surface area contributed by atoms with Gasteiger partial charge in [0.2, 0.25) is 29.5 Å². The monoisotopic (exact) mass is 1040 g/mol. The minimum absolute atomic E-state index is 0.00197. The molecule has 5 rings (SSSR count). The van der Waals surface area contributed by atoms with Crippen LogP contribution in [0.1, 0.15) is 77.0 Å². The van der Waals surface area contributed by atoms with Crippen LogP contribution in [-0.2, 0) is 38.2 Å². The molecular formula is C51H72ClFN10O8S. The van der Waals surface area contributed by atoms with Crippen molar-refractivity contribution in [3.8, 4) is 0 Å². The van der Waals surface area contributed by atoms with E-state index in [1.54, 1.807) is 36.4 Å². The van der Waals surface area contributed by atoms with Crippen LogP contribution in [0.2, 0.25) is 5.02 Å². The summed E-state index contributed by atoms with van der Waals surface area (Å²) < 4.78 is 30.2. The van der Waals surface area contributed by atoms with Crippen LogP contribution >= 0.6 is 23.4 Å². The topological polar surface area (TPSA) is 226 Å². The van der Waals surface area contributed by atoms with Gasteiger partial charge in [-0.25, -0.2) is 14.4 Å². The van der Waals surface area contributed by atoms with Gasteiger partial charge in [0.1, 0.15) is 23.8 Å². The summed E-state index contributed by atoms with van der Waals surface area (Å²) in [5.74, 6) is 1.78. The number of hydrogen-bond donors (Lipinski definition) is 7. The van der Waals surface area contributed by atoms with Crippen LogP contribution in [-0.4, -0.2) is 141 Å². The van der Waals surface area contributed by atoms with Gasteiger partial charge in [0.25, 0.3) is 0 Å². The van der Waals surface area contributed by atoms with Crippen LogP contribution in [0.3, 0.4) is 0 Å². The van der Waals surface area contributed by atoms with Gasteiger partial charge in [-0.05, 0) is 94.9 Å². The van der Waals surface area contributed by atoms with Gasteiger partial charge >= 0.3 is 0 Å². The van der Waals surface area contributed by atoms with Crippen molar-refractivity contribution in [2.75, 3.05) is 101 Å². The lowest BCUT2D eigenvalue weighted by Crippen LogP contribution is -2.29. The SMILES string of the molecule is CN(C/C=C/C(=O)Nc1cccc(Nc2cc(Nc3ccc(F)c(Cl)c3)ncn2)c1)CCCCNC(=O)CCCC(=O)NCCCOCCOCCOCCCNC(=O)CCCC[C@@H]1SC[C@@H]2NC(=O)C[C@@H]21. The Morgan fingerprint density at radius 3 is 2.04 bits per heavy atom. The number of thioether (sulfide) groups is 1. The fourth-order valence-corrected chi connectivity index (χ4v) is 9.80. The van der Waals surface area contributed by atoms with E-state index in [9.17, 15) is 28.4 Å². The van der Waals surface area contributed by atoms with Crippen LogP contribution in [0.25, 0.3) is 0 Å². The molecule has 2 aliphatic heterocycles. The first-order chi connectivity index (χ1) is 35.0. The Morgan fingerprint density at radius 1 is 0.764 bits per heavy atom. The van der Waals surface area contributed by atoms with Crippen LogP contribution in [0, 0.1) is 11.7 Å². The molecular weight excluding hydrogens is 967 g/mol. The maximum Gasteiger partial charge on any atom is 0.248 e. The lowest BCUT2D eigenvalue weighted by atomic mass is 9.94. The molecule has 394 valence electrons. The molecule has 2 aliphatic rings. The molecule has 3 atom stereocenters. The van der Waals surface area contributed by atoms with E-state index in [1.165, 1.54) is 24.5 Å². The van der Waals surface area contributed by atoms with Gasteiger partial charge in [0.15, 0.2) is 0 Å². The molecule has 0 spiro atoms. The first kappa shape index (κ1) is 57.5. The highest BCUT2D eigenvalue weighted by Gasteiger charge is 2.42. The van der Waals surface area contributed by atoms with Gasteiger partial charge in [-0.15, -0.1) is 0 Å². The van der Waals surface area contributed by atoms with E-state index in [1.807, 2.05) is 24.9 Å². The van der Waals surface area contributed by atoms with E-state index < -0.39 is 5.82 Å². The second-order valence-corrected chi connectivity index (χ2v) is 19.4. The van der Waals surface area contributed by atoms with Crippen molar-refractivity contribution in [2.45, 2.75) is 88.3 Å². The number of amides is 5. The molecule has 7 N–H and O–H groups in total. The fraction of sp³-hybridized carbons (Fsp3) is 0.549. The summed E-state index contributed by atoms with van der Waals surface area (Å²) in [7, 11) is 1.97. The Balaban J connectivity index is 0.752. The zero-order valence-electron chi connectivity index (χ0n) is 41.3. The van der Waals surface area contributed by atoms with Crippen molar-refractivity contribution in [2.24, 2.45) is 5.92 Å². The Labute approximate surface area is 431 Å². The number of likely N-dealkylation sites (N-methyl/N-ethyl adjacent to an activating group) is 1. The Hall–Kier alpha value is -5.38. The Kier molecular flexibility index (Phi) is 26.7. The second-order valence-electron chi connectivity index (χ2n) is 17.7. The van der Waals surface area contributed by atoms with E-state index in [-0.39, 0.29) is 47.4 Å². The molecule has 72 heavy (non-hydrogen) atoms. The highest BCUT2D eigenvalue weighted by atomic mass is 35.5. The van der Waals surface area contributed by atoms with Crippen LogP contribution in [0.5, 0.6) is 0 Å². The number of rotatable bonds is 36.